The number of anilines is 1. The standard InChI is InChI=1S/C22H25N7O2S/c1-30-19-12-17-18(13-20(19)31-2)24-15-25-21(17)28-8-10-29(11-9-28)22(32)27-26-7-5-16-4-3-6-23-14-16/h3-4,6-7,12-15H,5,8-11H2,1-2H3,(H,27,32). The average Bonchev–Trinajstić information content (AvgIpc) is 2.86. The molecule has 0 bridgehead atoms. The van der Waals surface area contributed by atoms with Crippen LogP contribution < -0.4 is 19.8 Å². The highest BCUT2D eigenvalue weighted by atomic mass is 32.1. The van der Waals surface area contributed by atoms with E-state index < -0.39 is 0 Å². The first-order valence-corrected chi connectivity index (χ1v) is 10.7. The second-order valence-electron chi connectivity index (χ2n) is 7.19. The lowest BCUT2D eigenvalue weighted by molar-refractivity contribution is 0.355. The molecule has 0 unspecified atom stereocenters. The Morgan fingerprint density at radius 3 is 2.66 bits per heavy atom. The van der Waals surface area contributed by atoms with Crippen molar-refractivity contribution in [3.8, 4) is 11.5 Å². The van der Waals surface area contributed by atoms with Crippen molar-refractivity contribution >= 4 is 40.3 Å². The minimum Gasteiger partial charge on any atom is -0.493 e. The van der Waals surface area contributed by atoms with Crippen LogP contribution in [0, 0.1) is 0 Å². The summed E-state index contributed by atoms with van der Waals surface area (Å²) in [5, 5.41) is 5.80. The van der Waals surface area contributed by atoms with Crippen LogP contribution >= 0.6 is 12.2 Å². The van der Waals surface area contributed by atoms with E-state index in [2.05, 4.69) is 35.3 Å². The van der Waals surface area contributed by atoms with Crippen LogP contribution in [0.3, 0.4) is 0 Å². The van der Waals surface area contributed by atoms with Gasteiger partial charge in [0.05, 0.1) is 19.7 Å². The molecule has 1 aromatic carbocycles. The zero-order chi connectivity index (χ0) is 22.3. The van der Waals surface area contributed by atoms with Crippen LogP contribution in [0.1, 0.15) is 5.56 Å². The van der Waals surface area contributed by atoms with E-state index in [1.807, 2.05) is 30.5 Å². The SMILES string of the molecule is COc1cc2ncnc(N3CCN(C(=S)NN=CCc4cccnc4)CC3)c2cc1OC. The maximum absolute atomic E-state index is 5.51. The normalized spacial score (nSPS) is 14.1. The van der Waals surface area contributed by atoms with Gasteiger partial charge in [0.15, 0.2) is 16.6 Å². The number of pyridine rings is 1. The van der Waals surface area contributed by atoms with E-state index in [0.29, 0.717) is 23.0 Å². The maximum Gasteiger partial charge on any atom is 0.189 e. The van der Waals surface area contributed by atoms with Crippen molar-refractivity contribution in [1.29, 1.82) is 0 Å². The molecule has 1 saturated heterocycles. The number of thiocarbonyl (C=S) groups is 1. The molecule has 0 atom stereocenters. The summed E-state index contributed by atoms with van der Waals surface area (Å²) in [5.74, 6) is 2.18. The predicted molar refractivity (Wildman–Crippen MR) is 129 cm³/mol. The van der Waals surface area contributed by atoms with E-state index in [0.717, 1.165) is 48.5 Å². The smallest absolute Gasteiger partial charge is 0.189 e. The summed E-state index contributed by atoms with van der Waals surface area (Å²) in [6, 6.07) is 7.73. The minimum atomic E-state index is 0.617. The van der Waals surface area contributed by atoms with Crippen LogP contribution in [0.5, 0.6) is 11.5 Å². The Hall–Kier alpha value is -3.53. The Bertz CT molecular complexity index is 1100. The van der Waals surface area contributed by atoms with Crippen molar-refractivity contribution < 1.29 is 9.47 Å². The summed E-state index contributed by atoms with van der Waals surface area (Å²) in [4.78, 5) is 17.4. The van der Waals surface area contributed by atoms with Gasteiger partial charge in [0.25, 0.3) is 0 Å². The molecule has 0 spiro atoms. The zero-order valence-corrected chi connectivity index (χ0v) is 18.9. The molecule has 1 aliphatic rings. The average molecular weight is 452 g/mol. The fourth-order valence-electron chi connectivity index (χ4n) is 3.58. The van der Waals surface area contributed by atoms with Gasteiger partial charge in [-0.15, -0.1) is 0 Å². The van der Waals surface area contributed by atoms with Crippen LogP contribution in [0.15, 0.2) is 48.1 Å². The number of nitrogens with one attached hydrogen (secondary N) is 1. The molecule has 9 nitrogen and oxygen atoms in total. The molecule has 3 heterocycles. The number of ether oxygens (including phenoxy) is 2. The molecule has 0 saturated carbocycles. The topological polar surface area (TPSA) is 88.0 Å². The summed E-state index contributed by atoms with van der Waals surface area (Å²) in [6.07, 6.45) is 7.66. The number of hydrazone groups is 1. The number of hydrogen-bond donors (Lipinski definition) is 1. The number of hydrogen-bond acceptors (Lipinski definition) is 8. The number of methoxy groups -OCH3 is 2. The van der Waals surface area contributed by atoms with E-state index in [1.54, 1.807) is 33.0 Å². The molecule has 4 rings (SSSR count). The Morgan fingerprint density at radius 2 is 1.94 bits per heavy atom. The van der Waals surface area contributed by atoms with E-state index in [4.69, 9.17) is 21.7 Å². The second-order valence-corrected chi connectivity index (χ2v) is 7.58. The minimum absolute atomic E-state index is 0.617. The third-order valence-electron chi connectivity index (χ3n) is 5.29. The summed E-state index contributed by atoms with van der Waals surface area (Å²) in [6.45, 7) is 3.09. The molecular formula is C22H25N7O2S. The van der Waals surface area contributed by atoms with Gasteiger partial charge in [0, 0.05) is 62.7 Å². The summed E-state index contributed by atoms with van der Waals surface area (Å²) in [5.41, 5.74) is 4.88. The van der Waals surface area contributed by atoms with E-state index in [9.17, 15) is 0 Å². The van der Waals surface area contributed by atoms with Gasteiger partial charge in [-0.3, -0.25) is 10.4 Å². The first-order valence-electron chi connectivity index (χ1n) is 10.3. The van der Waals surface area contributed by atoms with Crippen LogP contribution in [0.4, 0.5) is 5.82 Å². The van der Waals surface area contributed by atoms with Gasteiger partial charge in [-0.25, -0.2) is 9.97 Å². The fraction of sp³-hybridized carbons (Fsp3) is 0.318. The van der Waals surface area contributed by atoms with Crippen molar-refractivity contribution in [2.75, 3.05) is 45.3 Å². The van der Waals surface area contributed by atoms with Gasteiger partial charge in [-0.2, -0.15) is 5.10 Å². The first-order chi connectivity index (χ1) is 15.7. The van der Waals surface area contributed by atoms with E-state index in [1.165, 1.54) is 0 Å². The zero-order valence-electron chi connectivity index (χ0n) is 18.1. The maximum atomic E-state index is 5.51. The third-order valence-corrected chi connectivity index (χ3v) is 5.64. The van der Waals surface area contributed by atoms with E-state index in [-0.39, 0.29) is 0 Å². The van der Waals surface area contributed by atoms with Crippen LogP contribution in [0.2, 0.25) is 0 Å². The quantitative estimate of drug-likeness (QED) is 0.344. The van der Waals surface area contributed by atoms with Gasteiger partial charge < -0.3 is 19.3 Å². The molecule has 0 aliphatic carbocycles. The molecular weight excluding hydrogens is 426 g/mol. The Morgan fingerprint density at radius 1 is 1.16 bits per heavy atom. The fourth-order valence-corrected chi connectivity index (χ4v) is 3.82. The number of piperazine rings is 1. The molecule has 10 heteroatoms. The molecule has 0 radical (unpaired) electrons. The highest BCUT2D eigenvalue weighted by Crippen LogP contribution is 2.34. The summed E-state index contributed by atoms with van der Waals surface area (Å²) >= 11 is 5.51. The van der Waals surface area contributed by atoms with Crippen molar-refractivity contribution in [1.82, 2.24) is 25.3 Å². The lowest BCUT2D eigenvalue weighted by atomic mass is 10.2. The van der Waals surface area contributed by atoms with Crippen LogP contribution in [-0.2, 0) is 6.42 Å². The number of rotatable bonds is 6. The van der Waals surface area contributed by atoms with Gasteiger partial charge in [-0.05, 0) is 29.9 Å². The lowest BCUT2D eigenvalue weighted by Crippen LogP contribution is -2.51. The van der Waals surface area contributed by atoms with Gasteiger partial charge in [0.2, 0.25) is 0 Å². The summed E-state index contributed by atoms with van der Waals surface area (Å²) < 4.78 is 10.9. The highest BCUT2D eigenvalue weighted by molar-refractivity contribution is 7.80. The third kappa shape index (κ3) is 4.86. The van der Waals surface area contributed by atoms with Crippen molar-refractivity contribution in [3.05, 3.63) is 48.5 Å². The Labute approximate surface area is 192 Å². The second kappa shape index (κ2) is 10.2. The first kappa shape index (κ1) is 21.7. The largest absolute Gasteiger partial charge is 0.493 e. The number of nitrogens with zero attached hydrogens (tertiary/aromatic N) is 6. The van der Waals surface area contributed by atoms with Crippen LogP contribution in [0.25, 0.3) is 10.9 Å². The van der Waals surface area contributed by atoms with E-state index >= 15 is 0 Å². The molecule has 166 valence electrons. The molecule has 32 heavy (non-hydrogen) atoms. The van der Waals surface area contributed by atoms with Gasteiger partial charge in [0.1, 0.15) is 12.1 Å². The van der Waals surface area contributed by atoms with Crippen molar-refractivity contribution in [2.45, 2.75) is 6.42 Å². The number of benzene rings is 1. The molecule has 3 aromatic rings. The van der Waals surface area contributed by atoms with Crippen molar-refractivity contribution in [3.63, 3.8) is 0 Å². The summed E-state index contributed by atoms with van der Waals surface area (Å²) in [7, 11) is 3.24. The molecule has 2 aromatic heterocycles. The molecule has 1 aliphatic heterocycles. The monoisotopic (exact) mass is 451 g/mol. The van der Waals surface area contributed by atoms with Crippen molar-refractivity contribution in [2.24, 2.45) is 5.10 Å². The van der Waals surface area contributed by atoms with Gasteiger partial charge in [-0.1, -0.05) is 6.07 Å². The Balaban J connectivity index is 1.37. The number of aromatic nitrogens is 3. The molecule has 0 amide bonds. The molecule has 1 N–H and O–H groups in total. The lowest BCUT2D eigenvalue weighted by Gasteiger charge is -2.36. The van der Waals surface area contributed by atoms with Gasteiger partial charge >= 0.3 is 0 Å². The highest BCUT2D eigenvalue weighted by Gasteiger charge is 2.22. The van der Waals surface area contributed by atoms with Crippen LogP contribution in [-0.4, -0.2) is 71.6 Å². The number of fused-ring (bicyclic) bond motifs is 1. The molecule has 1 fully saturated rings. The Kier molecular flexibility index (Phi) is 6.90. The predicted octanol–water partition coefficient (Wildman–Crippen LogP) is 2.27.